The van der Waals surface area contributed by atoms with Crippen LogP contribution in [0.15, 0.2) is 30.9 Å². The molecule has 0 aromatic heterocycles. The number of ether oxygens (including phenoxy) is 1. The van der Waals surface area contributed by atoms with Crippen molar-refractivity contribution >= 4 is 23.7 Å². The first-order chi connectivity index (χ1) is 13.3. The number of amides is 3. The molecule has 1 saturated carbocycles. The highest BCUT2D eigenvalue weighted by atomic mass is 16.5. The Kier molecular flexibility index (Phi) is 5.01. The van der Waals surface area contributed by atoms with Gasteiger partial charge in [-0.15, -0.1) is 6.58 Å². The molecule has 3 rings (SSSR count). The Morgan fingerprint density at radius 2 is 2.04 bits per heavy atom. The van der Waals surface area contributed by atoms with Crippen LogP contribution in [0.25, 0.3) is 0 Å². The van der Waals surface area contributed by atoms with Gasteiger partial charge in [-0.05, 0) is 43.9 Å². The molecule has 8 nitrogen and oxygen atoms in total. The molecule has 0 radical (unpaired) electrons. The number of carbonyl (C=O) groups excluding carboxylic acids is 4. The van der Waals surface area contributed by atoms with Crippen molar-refractivity contribution in [1.82, 2.24) is 10.2 Å². The van der Waals surface area contributed by atoms with Gasteiger partial charge in [0.2, 0.25) is 0 Å². The van der Waals surface area contributed by atoms with Crippen LogP contribution in [0.2, 0.25) is 0 Å². The van der Waals surface area contributed by atoms with Gasteiger partial charge in [-0.3, -0.25) is 19.3 Å². The van der Waals surface area contributed by atoms with Crippen molar-refractivity contribution in [2.24, 2.45) is 5.92 Å². The van der Waals surface area contributed by atoms with E-state index in [0.29, 0.717) is 0 Å². The molecule has 0 bridgehead atoms. The summed E-state index contributed by atoms with van der Waals surface area (Å²) < 4.78 is 4.99. The quantitative estimate of drug-likeness (QED) is 0.434. The number of nitriles is 1. The van der Waals surface area contributed by atoms with Gasteiger partial charge in [0.15, 0.2) is 6.61 Å². The molecule has 1 aromatic rings. The maximum atomic E-state index is 12.3. The van der Waals surface area contributed by atoms with Crippen molar-refractivity contribution in [1.29, 1.82) is 5.26 Å². The molecule has 1 aromatic carbocycles. The lowest BCUT2D eigenvalue weighted by Gasteiger charge is -2.22. The van der Waals surface area contributed by atoms with Crippen molar-refractivity contribution in [3.63, 3.8) is 0 Å². The highest BCUT2D eigenvalue weighted by molar-refractivity contribution is 6.22. The van der Waals surface area contributed by atoms with Crippen LogP contribution in [0.5, 0.6) is 0 Å². The first kappa shape index (κ1) is 19.3. The first-order valence-corrected chi connectivity index (χ1v) is 8.81. The van der Waals surface area contributed by atoms with E-state index >= 15 is 0 Å². The molecule has 3 amide bonds. The van der Waals surface area contributed by atoms with Crippen molar-refractivity contribution in [3.05, 3.63) is 47.5 Å². The van der Waals surface area contributed by atoms with Gasteiger partial charge in [0, 0.05) is 6.54 Å². The Morgan fingerprint density at radius 1 is 1.36 bits per heavy atom. The van der Waals surface area contributed by atoms with Gasteiger partial charge >= 0.3 is 5.97 Å². The van der Waals surface area contributed by atoms with Gasteiger partial charge in [-0.1, -0.05) is 6.08 Å². The summed E-state index contributed by atoms with van der Waals surface area (Å²) in [5.74, 6) is -2.23. The van der Waals surface area contributed by atoms with E-state index in [1.54, 1.807) is 6.92 Å². The van der Waals surface area contributed by atoms with Gasteiger partial charge in [0.1, 0.15) is 5.54 Å². The smallest absolute Gasteiger partial charge is 0.338 e. The summed E-state index contributed by atoms with van der Waals surface area (Å²) in [4.78, 5) is 49.8. The fraction of sp³-hybridized carbons (Fsp3) is 0.350. The summed E-state index contributed by atoms with van der Waals surface area (Å²) in [5.41, 5.74) is -0.608. The molecule has 1 atom stereocenters. The topological polar surface area (TPSA) is 117 Å². The van der Waals surface area contributed by atoms with Crippen molar-refractivity contribution in [3.8, 4) is 6.07 Å². The number of nitrogens with one attached hydrogen (secondary N) is 1. The fourth-order valence-corrected chi connectivity index (χ4v) is 3.13. The molecular weight excluding hydrogens is 362 g/mol. The van der Waals surface area contributed by atoms with Crippen molar-refractivity contribution in [2.45, 2.75) is 25.3 Å². The van der Waals surface area contributed by atoms with Crippen LogP contribution in [0.4, 0.5) is 0 Å². The monoisotopic (exact) mass is 381 g/mol. The Bertz CT molecular complexity index is 928. The third-order valence-electron chi connectivity index (χ3n) is 4.88. The second-order valence-corrected chi connectivity index (χ2v) is 6.98. The molecular formula is C20H19N3O5. The number of nitrogens with zero attached hydrogens (tertiary/aromatic N) is 2. The molecule has 8 heteroatoms. The van der Waals surface area contributed by atoms with E-state index in [-0.39, 0.29) is 29.2 Å². The van der Waals surface area contributed by atoms with E-state index < -0.39 is 35.8 Å². The van der Waals surface area contributed by atoms with E-state index in [9.17, 15) is 24.4 Å². The molecule has 144 valence electrons. The van der Waals surface area contributed by atoms with Crippen molar-refractivity contribution in [2.75, 3.05) is 13.2 Å². The van der Waals surface area contributed by atoms with Crippen LogP contribution in [-0.4, -0.2) is 47.3 Å². The second-order valence-electron chi connectivity index (χ2n) is 6.98. The SMILES string of the molecule is C=CCN1C(=O)c2ccc(C(=O)OCC(=O)N[C@](C)(C#N)C3CC3)cc2C1=O. The van der Waals surface area contributed by atoms with Gasteiger partial charge in [0.25, 0.3) is 17.7 Å². The molecule has 0 spiro atoms. The minimum absolute atomic E-state index is 0.0541. The van der Waals surface area contributed by atoms with Crippen LogP contribution in [-0.2, 0) is 9.53 Å². The average molecular weight is 381 g/mol. The lowest BCUT2D eigenvalue weighted by Crippen LogP contribution is -2.48. The Morgan fingerprint density at radius 3 is 2.64 bits per heavy atom. The number of benzene rings is 1. The number of hydrogen-bond donors (Lipinski definition) is 1. The molecule has 1 N–H and O–H groups in total. The summed E-state index contributed by atoms with van der Waals surface area (Å²) in [7, 11) is 0. The van der Waals surface area contributed by atoms with E-state index in [2.05, 4.69) is 18.0 Å². The molecule has 1 fully saturated rings. The first-order valence-electron chi connectivity index (χ1n) is 8.81. The summed E-state index contributed by atoms with van der Waals surface area (Å²) >= 11 is 0. The molecule has 1 heterocycles. The van der Waals surface area contributed by atoms with E-state index in [1.165, 1.54) is 24.3 Å². The minimum Gasteiger partial charge on any atom is -0.452 e. The molecule has 1 aliphatic heterocycles. The number of fused-ring (bicyclic) bond motifs is 1. The molecule has 2 aliphatic rings. The Balaban J connectivity index is 1.64. The largest absolute Gasteiger partial charge is 0.452 e. The third kappa shape index (κ3) is 3.51. The van der Waals surface area contributed by atoms with Gasteiger partial charge in [0.05, 0.1) is 22.8 Å². The van der Waals surface area contributed by atoms with E-state index in [0.717, 1.165) is 17.7 Å². The summed E-state index contributed by atoms with van der Waals surface area (Å²) in [5, 5.41) is 11.8. The number of imide groups is 1. The average Bonchev–Trinajstić information content (AvgIpc) is 3.51. The maximum absolute atomic E-state index is 12.3. The number of carbonyl (C=O) groups is 4. The van der Waals surface area contributed by atoms with Crippen LogP contribution in [0.3, 0.4) is 0 Å². The summed E-state index contributed by atoms with van der Waals surface area (Å²) in [6, 6.07) is 6.12. The van der Waals surface area contributed by atoms with E-state index in [1.807, 2.05) is 0 Å². The standard InChI is InChI=1S/C20H19N3O5/c1-3-8-23-17(25)14-7-4-12(9-15(14)18(23)26)19(27)28-10-16(24)22-20(2,11-21)13-5-6-13/h3-4,7,9,13H,1,5-6,8,10H2,2H3,(H,22,24)/t20-/m1/s1. The normalized spacial score (nSPS) is 17.4. The predicted octanol–water partition coefficient (Wildman–Crippen LogP) is 1.43. The molecule has 28 heavy (non-hydrogen) atoms. The lowest BCUT2D eigenvalue weighted by molar-refractivity contribution is -0.125. The van der Waals surface area contributed by atoms with E-state index in [4.69, 9.17) is 4.74 Å². The maximum Gasteiger partial charge on any atom is 0.338 e. The lowest BCUT2D eigenvalue weighted by atomic mass is 9.98. The zero-order chi connectivity index (χ0) is 20.5. The number of esters is 1. The molecule has 0 unspecified atom stereocenters. The Labute approximate surface area is 161 Å². The highest BCUT2D eigenvalue weighted by Crippen LogP contribution is 2.39. The van der Waals surface area contributed by atoms with Crippen LogP contribution >= 0.6 is 0 Å². The van der Waals surface area contributed by atoms with Crippen LogP contribution in [0.1, 0.15) is 50.8 Å². The third-order valence-corrected chi connectivity index (χ3v) is 4.88. The van der Waals surface area contributed by atoms with Crippen LogP contribution in [0, 0.1) is 17.2 Å². The number of rotatable bonds is 7. The fourth-order valence-electron chi connectivity index (χ4n) is 3.13. The van der Waals surface area contributed by atoms with Gasteiger partial charge < -0.3 is 10.1 Å². The molecule has 0 saturated heterocycles. The Hall–Kier alpha value is -3.47. The summed E-state index contributed by atoms with van der Waals surface area (Å²) in [6.45, 7) is 4.68. The second kappa shape index (κ2) is 7.27. The zero-order valence-corrected chi connectivity index (χ0v) is 15.4. The molecule has 1 aliphatic carbocycles. The van der Waals surface area contributed by atoms with Gasteiger partial charge in [-0.2, -0.15) is 5.26 Å². The van der Waals surface area contributed by atoms with Crippen LogP contribution < -0.4 is 5.32 Å². The number of hydrogen-bond acceptors (Lipinski definition) is 6. The highest BCUT2D eigenvalue weighted by Gasteiger charge is 2.43. The van der Waals surface area contributed by atoms with Crippen molar-refractivity contribution < 1.29 is 23.9 Å². The minimum atomic E-state index is -0.974. The zero-order valence-electron chi connectivity index (χ0n) is 15.4. The summed E-state index contributed by atoms with van der Waals surface area (Å²) in [6.07, 6.45) is 3.18. The predicted molar refractivity (Wildman–Crippen MR) is 97.2 cm³/mol. The van der Waals surface area contributed by atoms with Gasteiger partial charge in [-0.25, -0.2) is 4.79 Å².